The summed E-state index contributed by atoms with van der Waals surface area (Å²) >= 11 is 0. The molecule has 0 fully saturated rings. The van der Waals surface area contributed by atoms with Gasteiger partial charge in [0, 0.05) is 11.1 Å². The highest BCUT2D eigenvalue weighted by Crippen LogP contribution is 2.26. The van der Waals surface area contributed by atoms with Crippen molar-refractivity contribution in [2.75, 3.05) is 0 Å². The van der Waals surface area contributed by atoms with Crippen LogP contribution in [0, 0.1) is 24.0 Å². The number of nitro benzene ring substituents is 1. The minimum absolute atomic E-state index is 0.280. The van der Waals surface area contributed by atoms with E-state index in [9.17, 15) is 10.1 Å². The van der Waals surface area contributed by atoms with Gasteiger partial charge in [-0.05, 0) is 25.8 Å². The van der Waals surface area contributed by atoms with Crippen molar-refractivity contribution in [2.24, 2.45) is 0 Å². The van der Waals surface area contributed by atoms with Gasteiger partial charge in [0.25, 0.3) is 5.69 Å². The van der Waals surface area contributed by atoms with E-state index in [1.807, 2.05) is 26.0 Å². The van der Waals surface area contributed by atoms with E-state index in [0.29, 0.717) is 6.42 Å². The second-order valence-electron chi connectivity index (χ2n) is 3.13. The molecule has 1 aromatic rings. The van der Waals surface area contributed by atoms with E-state index in [2.05, 4.69) is 0 Å². The first-order valence-electron chi connectivity index (χ1n) is 4.31. The lowest BCUT2D eigenvalue weighted by molar-refractivity contribution is -0.386. The van der Waals surface area contributed by atoms with E-state index >= 15 is 0 Å². The molecule has 0 saturated carbocycles. The maximum atomic E-state index is 10.8. The van der Waals surface area contributed by atoms with Crippen LogP contribution in [-0.4, -0.2) is 4.92 Å². The summed E-state index contributed by atoms with van der Waals surface area (Å²) in [5.41, 5.74) is 2.85. The van der Waals surface area contributed by atoms with E-state index in [4.69, 9.17) is 0 Å². The molecule has 0 aliphatic heterocycles. The van der Waals surface area contributed by atoms with Crippen LogP contribution < -0.4 is 0 Å². The van der Waals surface area contributed by atoms with Crippen molar-refractivity contribution in [3.63, 3.8) is 0 Å². The summed E-state index contributed by atoms with van der Waals surface area (Å²) in [7, 11) is 0. The van der Waals surface area contributed by atoms with Crippen molar-refractivity contribution < 1.29 is 4.92 Å². The second kappa shape index (κ2) is 3.56. The highest BCUT2D eigenvalue weighted by Gasteiger charge is 2.16. The third-order valence-corrected chi connectivity index (χ3v) is 2.35. The molecule has 0 aliphatic rings. The van der Waals surface area contributed by atoms with Crippen molar-refractivity contribution >= 4 is 5.69 Å². The highest BCUT2D eigenvalue weighted by molar-refractivity contribution is 5.50. The molecule has 13 heavy (non-hydrogen) atoms. The molecular weight excluding hydrogens is 166 g/mol. The molecule has 1 aromatic carbocycles. The maximum Gasteiger partial charge on any atom is 0.275 e. The van der Waals surface area contributed by atoms with Crippen LogP contribution in [0.4, 0.5) is 5.69 Å². The first-order chi connectivity index (χ1) is 6.07. The fourth-order valence-corrected chi connectivity index (χ4v) is 1.40. The third kappa shape index (κ3) is 1.69. The van der Waals surface area contributed by atoms with Crippen LogP contribution in [0.1, 0.15) is 23.6 Å². The van der Waals surface area contributed by atoms with Crippen molar-refractivity contribution in [2.45, 2.75) is 27.2 Å². The summed E-state index contributed by atoms with van der Waals surface area (Å²) in [6.45, 7) is 5.62. The molecule has 0 radical (unpaired) electrons. The molecule has 0 aromatic heterocycles. The average Bonchev–Trinajstić information content (AvgIpc) is 2.08. The lowest BCUT2D eigenvalue weighted by atomic mass is 10.0. The second-order valence-corrected chi connectivity index (χ2v) is 3.13. The quantitative estimate of drug-likeness (QED) is 0.517. The Labute approximate surface area is 77.5 Å². The van der Waals surface area contributed by atoms with E-state index < -0.39 is 0 Å². The molecule has 0 amide bonds. The Balaban J connectivity index is 3.41. The summed E-state index contributed by atoms with van der Waals surface area (Å²) in [5, 5.41) is 10.8. The molecule has 0 unspecified atom stereocenters. The van der Waals surface area contributed by atoms with Crippen molar-refractivity contribution in [3.8, 4) is 0 Å². The zero-order valence-corrected chi connectivity index (χ0v) is 8.13. The number of hydrogen-bond donors (Lipinski definition) is 0. The molecule has 0 aliphatic carbocycles. The summed E-state index contributed by atoms with van der Waals surface area (Å²) in [6.07, 6.45) is 0.706. The van der Waals surface area contributed by atoms with Crippen LogP contribution in [-0.2, 0) is 6.42 Å². The van der Waals surface area contributed by atoms with Gasteiger partial charge in [-0.15, -0.1) is 0 Å². The van der Waals surface area contributed by atoms with E-state index in [-0.39, 0.29) is 10.6 Å². The normalized spacial score (nSPS) is 10.1. The Bertz CT molecular complexity index is 345. The monoisotopic (exact) mass is 179 g/mol. The Morgan fingerprint density at radius 2 is 2.00 bits per heavy atom. The van der Waals surface area contributed by atoms with Gasteiger partial charge in [-0.1, -0.05) is 19.1 Å². The summed E-state index contributed by atoms with van der Waals surface area (Å²) in [4.78, 5) is 10.5. The van der Waals surface area contributed by atoms with Crippen LogP contribution in [0.5, 0.6) is 0 Å². The third-order valence-electron chi connectivity index (χ3n) is 2.35. The highest BCUT2D eigenvalue weighted by atomic mass is 16.6. The van der Waals surface area contributed by atoms with Gasteiger partial charge in [0.2, 0.25) is 0 Å². The Morgan fingerprint density at radius 1 is 1.38 bits per heavy atom. The van der Waals surface area contributed by atoms with Gasteiger partial charge in [-0.2, -0.15) is 0 Å². The molecule has 3 nitrogen and oxygen atoms in total. The molecule has 0 N–H and O–H groups in total. The summed E-state index contributed by atoms with van der Waals surface area (Å²) in [5.74, 6) is 0. The fourth-order valence-electron chi connectivity index (χ4n) is 1.40. The number of nitro groups is 1. The number of rotatable bonds is 2. The van der Waals surface area contributed by atoms with Crippen LogP contribution in [0.3, 0.4) is 0 Å². The number of benzene rings is 1. The fraction of sp³-hybridized carbons (Fsp3) is 0.400. The summed E-state index contributed by atoms with van der Waals surface area (Å²) < 4.78 is 0. The molecule has 0 bridgehead atoms. The molecule has 0 saturated heterocycles. The Morgan fingerprint density at radius 3 is 2.46 bits per heavy atom. The van der Waals surface area contributed by atoms with E-state index in [1.165, 1.54) is 0 Å². The lowest BCUT2D eigenvalue weighted by Gasteiger charge is -2.05. The van der Waals surface area contributed by atoms with Gasteiger partial charge in [-0.3, -0.25) is 10.1 Å². The first-order valence-corrected chi connectivity index (χ1v) is 4.31. The van der Waals surface area contributed by atoms with Gasteiger partial charge >= 0.3 is 0 Å². The maximum absolute atomic E-state index is 10.8. The number of nitrogens with zero attached hydrogens (tertiary/aromatic N) is 1. The zero-order chi connectivity index (χ0) is 10.0. The van der Waals surface area contributed by atoms with Gasteiger partial charge in [0.15, 0.2) is 0 Å². The largest absolute Gasteiger partial charge is 0.275 e. The lowest BCUT2D eigenvalue weighted by Crippen LogP contribution is -1.98. The summed E-state index contributed by atoms with van der Waals surface area (Å²) in [6, 6.07) is 3.77. The van der Waals surface area contributed by atoms with Crippen molar-refractivity contribution in [1.82, 2.24) is 0 Å². The van der Waals surface area contributed by atoms with E-state index in [0.717, 1.165) is 16.7 Å². The molecular formula is C10H13NO2. The van der Waals surface area contributed by atoms with Gasteiger partial charge in [-0.25, -0.2) is 0 Å². The minimum Gasteiger partial charge on any atom is -0.258 e. The predicted octanol–water partition coefficient (Wildman–Crippen LogP) is 2.77. The van der Waals surface area contributed by atoms with Crippen LogP contribution >= 0.6 is 0 Å². The van der Waals surface area contributed by atoms with Gasteiger partial charge in [0.05, 0.1) is 4.92 Å². The van der Waals surface area contributed by atoms with Crippen LogP contribution in [0.25, 0.3) is 0 Å². The number of hydrogen-bond acceptors (Lipinski definition) is 2. The predicted molar refractivity (Wildman–Crippen MR) is 51.9 cm³/mol. The average molecular weight is 179 g/mol. The Hall–Kier alpha value is -1.38. The molecule has 70 valence electrons. The molecule has 0 atom stereocenters. The van der Waals surface area contributed by atoms with Crippen molar-refractivity contribution in [1.29, 1.82) is 0 Å². The smallest absolute Gasteiger partial charge is 0.258 e. The van der Waals surface area contributed by atoms with Gasteiger partial charge < -0.3 is 0 Å². The molecule has 0 heterocycles. The minimum atomic E-state index is -0.291. The zero-order valence-electron chi connectivity index (χ0n) is 8.13. The molecule has 1 rings (SSSR count). The van der Waals surface area contributed by atoms with Crippen LogP contribution in [0.15, 0.2) is 12.1 Å². The van der Waals surface area contributed by atoms with Crippen molar-refractivity contribution in [3.05, 3.63) is 38.9 Å². The SMILES string of the molecule is CCc1ccc(C)c(C)c1[N+](=O)[O-]. The number of aryl methyl sites for hydroxylation is 2. The molecule has 0 spiro atoms. The van der Waals surface area contributed by atoms with E-state index in [1.54, 1.807) is 6.92 Å². The van der Waals surface area contributed by atoms with Crippen LogP contribution in [0.2, 0.25) is 0 Å². The first kappa shape index (κ1) is 9.71. The van der Waals surface area contributed by atoms with Gasteiger partial charge in [0.1, 0.15) is 0 Å². The topological polar surface area (TPSA) is 43.1 Å². The Kier molecular flexibility index (Phi) is 2.66. The standard InChI is InChI=1S/C10H13NO2/c1-4-9-6-5-7(2)8(3)10(9)11(12)13/h5-6H,4H2,1-3H3. The molecule has 3 heteroatoms.